The Morgan fingerprint density at radius 3 is 2.20 bits per heavy atom. The molecule has 0 unspecified atom stereocenters. The van der Waals surface area contributed by atoms with E-state index in [1.54, 1.807) is 24.3 Å². The highest BCUT2D eigenvalue weighted by Gasteiger charge is 2.43. The summed E-state index contributed by atoms with van der Waals surface area (Å²) in [6.07, 6.45) is -0.918. The summed E-state index contributed by atoms with van der Waals surface area (Å²) in [6.45, 7) is 0. The summed E-state index contributed by atoms with van der Waals surface area (Å²) >= 11 is 0. The number of hydrogen-bond acceptors (Lipinski definition) is 4. The molecule has 3 aromatic rings. The molecule has 6 heteroatoms. The van der Waals surface area contributed by atoms with E-state index in [9.17, 15) is 14.4 Å². The fourth-order valence-corrected chi connectivity index (χ4v) is 3.17. The van der Waals surface area contributed by atoms with Crippen molar-refractivity contribution in [2.24, 2.45) is 0 Å². The lowest BCUT2D eigenvalue weighted by molar-refractivity contribution is 0.0801. The number of benzene rings is 2. The van der Waals surface area contributed by atoms with Gasteiger partial charge in [-0.15, -0.1) is 0 Å². The molecular weight excluding hydrogens is 320 g/mol. The quantitative estimate of drug-likeness (QED) is 0.715. The van der Waals surface area contributed by atoms with Gasteiger partial charge in [-0.25, -0.2) is 4.79 Å². The molecule has 4 rings (SSSR count). The second-order valence-electron chi connectivity index (χ2n) is 5.81. The summed E-state index contributed by atoms with van der Waals surface area (Å²) in [4.78, 5) is 41.6. The topological polar surface area (TPSA) is 92.0 Å². The first-order valence-electron chi connectivity index (χ1n) is 7.82. The van der Waals surface area contributed by atoms with Gasteiger partial charge < -0.3 is 4.74 Å². The normalized spacial score (nSPS) is 18.4. The minimum absolute atomic E-state index is 0.0527. The van der Waals surface area contributed by atoms with E-state index in [1.807, 2.05) is 36.4 Å². The maximum absolute atomic E-state index is 13.0. The number of carbonyl (C=O) groups excluding carboxylic acids is 1. The zero-order valence-corrected chi connectivity index (χ0v) is 13.1. The molecule has 0 spiro atoms. The first kappa shape index (κ1) is 15.1. The average Bonchev–Trinajstić information content (AvgIpc) is 3.02. The Hall–Kier alpha value is -3.41. The first-order valence-corrected chi connectivity index (χ1v) is 7.82. The number of hydrogen-bond donors (Lipinski definition) is 2. The fourth-order valence-electron chi connectivity index (χ4n) is 3.17. The Morgan fingerprint density at radius 1 is 0.880 bits per heavy atom. The van der Waals surface area contributed by atoms with Crippen LogP contribution in [-0.4, -0.2) is 21.9 Å². The minimum atomic E-state index is -0.918. The maximum atomic E-state index is 13.0. The maximum Gasteiger partial charge on any atom is 0.328 e. The van der Waals surface area contributed by atoms with Crippen LogP contribution in [0.4, 0.5) is 0 Å². The third-order valence-corrected chi connectivity index (χ3v) is 4.28. The van der Waals surface area contributed by atoms with E-state index in [0.29, 0.717) is 5.56 Å². The SMILES string of the molecule is O=C(c1ccccc1)[C@H]1Oc2[nH]c(=O)[nH]c(=O)c2[C@H]1c1ccccc1. The molecule has 1 aliphatic heterocycles. The molecule has 0 aliphatic carbocycles. The van der Waals surface area contributed by atoms with Crippen LogP contribution in [-0.2, 0) is 0 Å². The summed E-state index contributed by atoms with van der Waals surface area (Å²) in [5.74, 6) is -0.785. The molecule has 1 aromatic heterocycles. The molecule has 0 bridgehead atoms. The van der Waals surface area contributed by atoms with Crippen LogP contribution >= 0.6 is 0 Å². The molecular formula is C19H14N2O4. The van der Waals surface area contributed by atoms with Crippen LogP contribution in [0.5, 0.6) is 5.88 Å². The number of aromatic nitrogens is 2. The Bertz CT molecular complexity index is 1040. The van der Waals surface area contributed by atoms with E-state index >= 15 is 0 Å². The largest absolute Gasteiger partial charge is 0.466 e. The van der Waals surface area contributed by atoms with Crippen LogP contribution in [0.2, 0.25) is 0 Å². The number of aromatic amines is 2. The van der Waals surface area contributed by atoms with Crippen LogP contribution in [0.1, 0.15) is 27.4 Å². The van der Waals surface area contributed by atoms with Gasteiger partial charge in [-0.3, -0.25) is 19.6 Å². The molecule has 2 N–H and O–H groups in total. The number of carbonyl (C=O) groups is 1. The fraction of sp³-hybridized carbons (Fsp3) is 0.105. The summed E-state index contributed by atoms with van der Waals surface area (Å²) in [7, 11) is 0. The van der Waals surface area contributed by atoms with Gasteiger partial charge in [-0.1, -0.05) is 60.7 Å². The Morgan fingerprint density at radius 2 is 1.52 bits per heavy atom. The third-order valence-electron chi connectivity index (χ3n) is 4.28. The van der Waals surface area contributed by atoms with Crippen molar-refractivity contribution in [3.8, 4) is 5.88 Å². The zero-order valence-electron chi connectivity index (χ0n) is 13.1. The highest BCUT2D eigenvalue weighted by molar-refractivity contribution is 6.01. The summed E-state index contributed by atoms with van der Waals surface area (Å²) < 4.78 is 5.73. The molecule has 6 nitrogen and oxygen atoms in total. The van der Waals surface area contributed by atoms with Gasteiger partial charge in [0, 0.05) is 5.56 Å². The summed E-state index contributed by atoms with van der Waals surface area (Å²) in [6, 6.07) is 17.9. The number of H-pyrrole nitrogens is 2. The van der Waals surface area contributed by atoms with Crippen LogP contribution in [0.3, 0.4) is 0 Å². The second-order valence-corrected chi connectivity index (χ2v) is 5.81. The molecule has 0 radical (unpaired) electrons. The lowest BCUT2D eigenvalue weighted by Gasteiger charge is -2.18. The monoisotopic (exact) mass is 334 g/mol. The van der Waals surface area contributed by atoms with E-state index in [-0.39, 0.29) is 17.2 Å². The van der Waals surface area contributed by atoms with Crippen LogP contribution in [0.15, 0.2) is 70.3 Å². The lowest BCUT2D eigenvalue weighted by atomic mass is 9.86. The highest BCUT2D eigenvalue weighted by atomic mass is 16.5. The van der Waals surface area contributed by atoms with E-state index in [0.717, 1.165) is 5.56 Å². The molecule has 25 heavy (non-hydrogen) atoms. The van der Waals surface area contributed by atoms with Crippen LogP contribution < -0.4 is 16.0 Å². The van der Waals surface area contributed by atoms with Crippen LogP contribution in [0, 0.1) is 0 Å². The van der Waals surface area contributed by atoms with Gasteiger partial charge in [-0.05, 0) is 5.56 Å². The van der Waals surface area contributed by atoms with E-state index in [2.05, 4.69) is 9.97 Å². The predicted molar refractivity (Wildman–Crippen MR) is 91.2 cm³/mol. The van der Waals surface area contributed by atoms with Crippen LogP contribution in [0.25, 0.3) is 0 Å². The molecule has 2 aromatic carbocycles. The predicted octanol–water partition coefficient (Wildman–Crippen LogP) is 1.84. The highest BCUT2D eigenvalue weighted by Crippen LogP contribution is 2.39. The number of ketones is 1. The first-order chi connectivity index (χ1) is 12.1. The minimum Gasteiger partial charge on any atom is -0.466 e. The van der Waals surface area contributed by atoms with Crippen molar-refractivity contribution in [3.63, 3.8) is 0 Å². The Kier molecular flexibility index (Phi) is 3.57. The van der Waals surface area contributed by atoms with Crippen molar-refractivity contribution in [3.05, 3.63) is 98.2 Å². The van der Waals surface area contributed by atoms with Gasteiger partial charge in [-0.2, -0.15) is 0 Å². The summed E-state index contributed by atoms with van der Waals surface area (Å²) in [5.41, 5.74) is 0.313. The van der Waals surface area contributed by atoms with Gasteiger partial charge >= 0.3 is 5.69 Å². The van der Waals surface area contributed by atoms with Crippen molar-refractivity contribution < 1.29 is 9.53 Å². The van der Waals surface area contributed by atoms with Crippen molar-refractivity contribution in [1.29, 1.82) is 0 Å². The zero-order chi connectivity index (χ0) is 17.4. The number of nitrogens with one attached hydrogen (secondary N) is 2. The molecule has 0 saturated heterocycles. The number of rotatable bonds is 3. The number of Topliss-reactive ketones (excluding diaryl/α,β-unsaturated/α-hetero) is 1. The van der Waals surface area contributed by atoms with E-state index in [4.69, 9.17) is 4.74 Å². The van der Waals surface area contributed by atoms with Gasteiger partial charge in [0.25, 0.3) is 5.56 Å². The van der Waals surface area contributed by atoms with Gasteiger partial charge in [0.05, 0.1) is 11.5 Å². The second kappa shape index (κ2) is 5.90. The van der Waals surface area contributed by atoms with Gasteiger partial charge in [0.1, 0.15) is 0 Å². The Balaban J connectivity index is 1.87. The van der Waals surface area contributed by atoms with E-state index in [1.165, 1.54) is 0 Å². The van der Waals surface area contributed by atoms with E-state index < -0.39 is 23.3 Å². The number of fused-ring (bicyclic) bond motifs is 1. The molecule has 2 atom stereocenters. The summed E-state index contributed by atoms with van der Waals surface area (Å²) in [5, 5.41) is 0. The molecule has 2 heterocycles. The third kappa shape index (κ3) is 2.57. The molecule has 0 fully saturated rings. The van der Waals surface area contributed by atoms with Crippen molar-refractivity contribution >= 4 is 5.78 Å². The van der Waals surface area contributed by atoms with Gasteiger partial charge in [0.2, 0.25) is 11.7 Å². The molecule has 1 aliphatic rings. The van der Waals surface area contributed by atoms with Crippen molar-refractivity contribution in [1.82, 2.24) is 9.97 Å². The molecule has 0 amide bonds. The lowest BCUT2D eigenvalue weighted by Crippen LogP contribution is -2.31. The number of ether oxygens (including phenoxy) is 1. The molecule has 0 saturated carbocycles. The van der Waals surface area contributed by atoms with Crippen molar-refractivity contribution in [2.75, 3.05) is 0 Å². The standard InChI is InChI=1S/C19H14N2O4/c22-15(12-9-5-2-6-10-12)16-13(11-7-3-1-4-8-11)14-17(23)20-19(24)21-18(14)25-16/h1-10,13,16H,(H2,20,21,23,24)/t13-,16+/m1/s1. The smallest absolute Gasteiger partial charge is 0.328 e. The molecule has 124 valence electrons. The van der Waals surface area contributed by atoms with Crippen molar-refractivity contribution in [2.45, 2.75) is 12.0 Å². The average molecular weight is 334 g/mol. The van der Waals surface area contributed by atoms with Gasteiger partial charge in [0.15, 0.2) is 6.10 Å². The Labute approximate surface area is 142 Å².